The van der Waals surface area contributed by atoms with E-state index in [2.05, 4.69) is 47.4 Å². The van der Waals surface area contributed by atoms with Gasteiger partial charge in [0.1, 0.15) is 0 Å². The van der Waals surface area contributed by atoms with Crippen molar-refractivity contribution in [2.24, 2.45) is 0 Å². The fourth-order valence-corrected chi connectivity index (χ4v) is 10.3. The molecule has 0 aliphatic carbocycles. The molecule has 0 saturated carbocycles. The number of halogens is 3. The average Bonchev–Trinajstić information content (AvgIpc) is 3.43. The van der Waals surface area contributed by atoms with E-state index >= 15 is 0 Å². The highest BCUT2D eigenvalue weighted by Crippen LogP contribution is 2.47. The number of benzene rings is 4. The van der Waals surface area contributed by atoms with Gasteiger partial charge >= 0.3 is 0 Å². The van der Waals surface area contributed by atoms with E-state index in [0.29, 0.717) is 35.2 Å². The summed E-state index contributed by atoms with van der Waals surface area (Å²) in [6.07, 6.45) is 2.78. The van der Waals surface area contributed by atoms with Crippen LogP contribution in [0.25, 0.3) is 0 Å². The fraction of sp³-hybridized carbons (Fsp3) is 0.381. The molecule has 4 aromatic carbocycles. The molecular formula is C42H48Cl3N3O3S. The van der Waals surface area contributed by atoms with Crippen molar-refractivity contribution in [3.8, 4) is 0 Å². The number of nitrogens with zero attached hydrogens (tertiary/aromatic N) is 3. The monoisotopic (exact) mass is 779 g/mol. The largest absolute Gasteiger partial charge is 0.343 e. The van der Waals surface area contributed by atoms with Crippen LogP contribution in [0.1, 0.15) is 72.8 Å². The van der Waals surface area contributed by atoms with Gasteiger partial charge in [-0.05, 0) is 72.3 Å². The maximum absolute atomic E-state index is 14.8. The highest BCUT2D eigenvalue weighted by atomic mass is 35.5. The summed E-state index contributed by atoms with van der Waals surface area (Å²) in [5.74, 6) is 0.423. The Balaban J connectivity index is 0.00000523. The number of carbonyl (C=O) groups is 2. The second kappa shape index (κ2) is 17.3. The quantitative estimate of drug-likeness (QED) is 0.144. The van der Waals surface area contributed by atoms with Gasteiger partial charge in [0.15, 0.2) is 0 Å². The third kappa shape index (κ3) is 8.14. The summed E-state index contributed by atoms with van der Waals surface area (Å²) in [6.45, 7) is 4.41. The number of amides is 2. The molecule has 1 saturated heterocycles. The van der Waals surface area contributed by atoms with Crippen molar-refractivity contribution in [2.75, 3.05) is 40.3 Å². The topological polar surface area (TPSA) is 60.9 Å². The van der Waals surface area contributed by atoms with Crippen molar-refractivity contribution in [3.05, 3.63) is 141 Å². The molecule has 0 radical (unpaired) electrons. The van der Waals surface area contributed by atoms with Crippen LogP contribution in [0.5, 0.6) is 0 Å². The van der Waals surface area contributed by atoms with Crippen LogP contribution in [-0.4, -0.2) is 71.0 Å². The zero-order chi connectivity index (χ0) is 36.2. The van der Waals surface area contributed by atoms with Crippen LogP contribution < -0.4 is 0 Å². The molecule has 2 aliphatic heterocycles. The summed E-state index contributed by atoms with van der Waals surface area (Å²) >= 11 is 13.1. The van der Waals surface area contributed by atoms with E-state index in [1.165, 1.54) is 11.1 Å². The van der Waals surface area contributed by atoms with Gasteiger partial charge in [-0.25, -0.2) is 0 Å². The van der Waals surface area contributed by atoms with Crippen LogP contribution in [0.15, 0.2) is 103 Å². The van der Waals surface area contributed by atoms with Crippen LogP contribution in [-0.2, 0) is 36.4 Å². The Morgan fingerprint density at radius 2 is 1.44 bits per heavy atom. The number of hydrogen-bond donors (Lipinski definition) is 0. The lowest BCUT2D eigenvalue weighted by Crippen LogP contribution is -2.56. The maximum Gasteiger partial charge on any atom is 0.224 e. The number of fused-ring (bicyclic) bond motifs is 2. The summed E-state index contributed by atoms with van der Waals surface area (Å²) in [7, 11) is 2.73. The molecule has 1 unspecified atom stereocenters. The van der Waals surface area contributed by atoms with Gasteiger partial charge in [-0.2, -0.15) is 0 Å². The molecule has 52 heavy (non-hydrogen) atoms. The third-order valence-electron chi connectivity index (χ3n) is 11.2. The standard InChI is InChI=1S/C42H47Cl2N3O3S.ClH/c1-4-39(48)45(2)30-41(34-19-20-37(43)38(44)27-34,21-24-47-25-22-42(23-26-47)36-18-12-11-17-33(36)29-51(42)50)46(3)40(49)28-35(31-13-7-5-8-14-31)32-15-9-6-10-16-32;/h5-20,27,35H,4,21-26,28-30H2,1-3H3;1H/t41?,51-;/m1./s1. The predicted octanol–water partition coefficient (Wildman–Crippen LogP) is 8.80. The summed E-state index contributed by atoms with van der Waals surface area (Å²) in [4.78, 5) is 34.0. The molecule has 6 nitrogen and oxygen atoms in total. The van der Waals surface area contributed by atoms with Crippen LogP contribution in [0.2, 0.25) is 10.0 Å². The lowest BCUT2D eigenvalue weighted by molar-refractivity contribution is -0.141. The molecule has 6 rings (SSSR count). The third-order valence-corrected chi connectivity index (χ3v) is 14.0. The first-order valence-corrected chi connectivity index (χ1v) is 19.9. The molecule has 0 N–H and O–H groups in total. The number of hydrogen-bond acceptors (Lipinski definition) is 4. The van der Waals surface area contributed by atoms with Crippen LogP contribution >= 0.6 is 35.6 Å². The minimum atomic E-state index is -0.951. The van der Waals surface area contributed by atoms with E-state index < -0.39 is 16.3 Å². The summed E-state index contributed by atoms with van der Waals surface area (Å²) < 4.78 is 13.2. The molecule has 276 valence electrons. The van der Waals surface area contributed by atoms with Gasteiger partial charge in [0.2, 0.25) is 11.8 Å². The van der Waals surface area contributed by atoms with Crippen molar-refractivity contribution in [1.29, 1.82) is 0 Å². The number of piperidine rings is 1. The molecule has 0 bridgehead atoms. The van der Waals surface area contributed by atoms with Gasteiger partial charge < -0.3 is 14.7 Å². The zero-order valence-electron chi connectivity index (χ0n) is 30.1. The molecule has 1 spiro atoms. The van der Waals surface area contributed by atoms with Crippen LogP contribution in [0.4, 0.5) is 0 Å². The first kappa shape index (κ1) is 40.0. The lowest BCUT2D eigenvalue weighted by Gasteiger charge is -2.47. The van der Waals surface area contributed by atoms with Gasteiger partial charge in [0.05, 0.1) is 20.3 Å². The van der Waals surface area contributed by atoms with Crippen molar-refractivity contribution in [1.82, 2.24) is 14.7 Å². The Kier molecular flexibility index (Phi) is 13.3. The van der Waals surface area contributed by atoms with E-state index in [4.69, 9.17) is 23.2 Å². The molecule has 2 heterocycles. The number of likely N-dealkylation sites (tertiary alicyclic amines) is 1. The number of likely N-dealkylation sites (N-methyl/N-ethyl adjacent to an activating group) is 2. The Morgan fingerprint density at radius 3 is 2.04 bits per heavy atom. The smallest absolute Gasteiger partial charge is 0.224 e. The van der Waals surface area contributed by atoms with E-state index in [1.54, 1.807) is 11.0 Å². The van der Waals surface area contributed by atoms with Crippen molar-refractivity contribution in [2.45, 2.75) is 61.0 Å². The SMILES string of the molecule is CCC(=O)N(C)CC(CCN1CCC2(CC1)c1ccccc1C[S@]2=O)(c1ccc(Cl)c(Cl)c1)N(C)C(=O)CC(c1ccccc1)c1ccccc1.Cl. The minimum Gasteiger partial charge on any atom is -0.343 e. The molecule has 2 atom stereocenters. The summed E-state index contributed by atoms with van der Waals surface area (Å²) in [5.41, 5.74) is 4.49. The van der Waals surface area contributed by atoms with Gasteiger partial charge in [-0.1, -0.05) is 121 Å². The molecule has 0 aromatic heterocycles. The number of rotatable bonds is 12. The number of carbonyl (C=O) groups excluding carboxylic acids is 2. The lowest BCUT2D eigenvalue weighted by atomic mass is 9.81. The molecule has 4 aromatic rings. The zero-order valence-corrected chi connectivity index (χ0v) is 33.2. The summed E-state index contributed by atoms with van der Waals surface area (Å²) in [6, 6.07) is 34.2. The maximum atomic E-state index is 14.8. The Labute approximate surface area is 327 Å². The second-order valence-electron chi connectivity index (χ2n) is 14.0. The highest BCUT2D eigenvalue weighted by Gasteiger charge is 2.48. The van der Waals surface area contributed by atoms with Crippen LogP contribution in [0, 0.1) is 0 Å². The van der Waals surface area contributed by atoms with E-state index in [0.717, 1.165) is 42.6 Å². The van der Waals surface area contributed by atoms with Gasteiger partial charge in [-0.15, -0.1) is 12.4 Å². The van der Waals surface area contributed by atoms with E-state index in [-0.39, 0.29) is 47.9 Å². The first-order valence-electron chi connectivity index (χ1n) is 17.8. The highest BCUT2D eigenvalue weighted by molar-refractivity contribution is 7.85. The molecule has 1 fully saturated rings. The molecule has 2 amide bonds. The second-order valence-corrected chi connectivity index (χ2v) is 16.6. The van der Waals surface area contributed by atoms with Crippen molar-refractivity contribution >= 4 is 58.2 Å². The minimum absolute atomic E-state index is 0. The van der Waals surface area contributed by atoms with E-state index in [1.807, 2.05) is 80.5 Å². The average molecular weight is 781 g/mol. The van der Waals surface area contributed by atoms with Crippen LogP contribution in [0.3, 0.4) is 0 Å². The first-order chi connectivity index (χ1) is 24.6. The fourth-order valence-electron chi connectivity index (χ4n) is 8.14. The molecule has 10 heteroatoms. The van der Waals surface area contributed by atoms with Gasteiger partial charge in [0, 0.05) is 62.5 Å². The predicted molar refractivity (Wildman–Crippen MR) is 216 cm³/mol. The van der Waals surface area contributed by atoms with Crippen molar-refractivity contribution in [3.63, 3.8) is 0 Å². The van der Waals surface area contributed by atoms with Crippen molar-refractivity contribution < 1.29 is 13.8 Å². The Bertz CT molecular complexity index is 1830. The molecule has 2 aliphatic rings. The van der Waals surface area contributed by atoms with E-state index in [9.17, 15) is 13.8 Å². The van der Waals surface area contributed by atoms with Gasteiger partial charge in [-0.3, -0.25) is 13.8 Å². The normalized spacial score (nSPS) is 17.6. The van der Waals surface area contributed by atoms with Gasteiger partial charge in [0.25, 0.3) is 0 Å². The Morgan fingerprint density at radius 1 is 0.846 bits per heavy atom. The molecular weight excluding hydrogens is 733 g/mol. The summed E-state index contributed by atoms with van der Waals surface area (Å²) in [5, 5.41) is 0.832. The Hall–Kier alpha value is -3.20.